The van der Waals surface area contributed by atoms with E-state index >= 15 is 0 Å². The minimum atomic E-state index is -0.451. The number of carbonyl (C=O) groups is 2. The van der Waals surface area contributed by atoms with Crippen LogP contribution in [0.4, 0.5) is 4.79 Å². The summed E-state index contributed by atoms with van der Waals surface area (Å²) in [5.41, 5.74) is -0.343. The van der Waals surface area contributed by atoms with Crippen LogP contribution in [0.25, 0.3) is 0 Å². The van der Waals surface area contributed by atoms with E-state index in [1.807, 2.05) is 20.8 Å². The van der Waals surface area contributed by atoms with Crippen molar-refractivity contribution >= 4 is 12.0 Å². The highest BCUT2D eigenvalue weighted by atomic mass is 16.6. The highest BCUT2D eigenvalue weighted by molar-refractivity contribution is 5.76. The molecular formula is C14H24N2O3. The van der Waals surface area contributed by atoms with Crippen LogP contribution < -0.4 is 5.32 Å². The van der Waals surface area contributed by atoms with E-state index in [1.165, 1.54) is 0 Å². The molecule has 0 aromatic carbocycles. The average molecular weight is 268 g/mol. The van der Waals surface area contributed by atoms with Gasteiger partial charge in [0.1, 0.15) is 5.60 Å². The van der Waals surface area contributed by atoms with Crippen LogP contribution in [0.2, 0.25) is 0 Å². The Balaban J connectivity index is 1.95. The van der Waals surface area contributed by atoms with Crippen LogP contribution in [0.3, 0.4) is 0 Å². The second-order valence-corrected chi connectivity index (χ2v) is 6.75. The van der Waals surface area contributed by atoms with Gasteiger partial charge in [0.2, 0.25) is 5.91 Å². The lowest BCUT2D eigenvalue weighted by molar-refractivity contribution is -0.120. The number of hydrogen-bond donors (Lipinski definition) is 1. The van der Waals surface area contributed by atoms with E-state index in [0.29, 0.717) is 6.42 Å². The SMILES string of the molecule is CC(C)(C)OC(=O)N1CC[C@]2(CCNC(=O)CC2)C1. The maximum atomic E-state index is 12.1. The maximum absolute atomic E-state index is 12.1. The fourth-order valence-corrected chi connectivity index (χ4v) is 2.88. The number of nitrogens with one attached hydrogen (secondary N) is 1. The molecule has 2 heterocycles. The summed E-state index contributed by atoms with van der Waals surface area (Å²) in [4.78, 5) is 25.3. The Morgan fingerprint density at radius 1 is 1.32 bits per heavy atom. The van der Waals surface area contributed by atoms with Crippen LogP contribution in [0.1, 0.15) is 46.5 Å². The molecule has 5 nitrogen and oxygen atoms in total. The molecular weight excluding hydrogens is 244 g/mol. The number of hydrogen-bond acceptors (Lipinski definition) is 3. The molecule has 2 aliphatic rings. The van der Waals surface area contributed by atoms with Gasteiger partial charge < -0.3 is 15.0 Å². The minimum Gasteiger partial charge on any atom is -0.444 e. The van der Waals surface area contributed by atoms with Crippen molar-refractivity contribution in [3.8, 4) is 0 Å². The first-order valence-electron chi connectivity index (χ1n) is 7.04. The Kier molecular flexibility index (Phi) is 3.74. The van der Waals surface area contributed by atoms with Crippen molar-refractivity contribution in [1.82, 2.24) is 10.2 Å². The average Bonchev–Trinajstić information content (AvgIpc) is 2.60. The molecule has 1 spiro atoms. The molecule has 0 radical (unpaired) electrons. The highest BCUT2D eigenvalue weighted by Crippen LogP contribution is 2.39. The smallest absolute Gasteiger partial charge is 0.410 e. The molecule has 5 heteroatoms. The van der Waals surface area contributed by atoms with Crippen molar-refractivity contribution < 1.29 is 14.3 Å². The quantitative estimate of drug-likeness (QED) is 0.730. The van der Waals surface area contributed by atoms with Gasteiger partial charge in [-0.3, -0.25) is 4.79 Å². The maximum Gasteiger partial charge on any atom is 0.410 e. The van der Waals surface area contributed by atoms with Gasteiger partial charge in [-0.2, -0.15) is 0 Å². The number of amides is 2. The van der Waals surface area contributed by atoms with E-state index in [-0.39, 0.29) is 17.4 Å². The van der Waals surface area contributed by atoms with E-state index in [4.69, 9.17) is 4.74 Å². The summed E-state index contributed by atoms with van der Waals surface area (Å²) in [5.74, 6) is 0.132. The predicted octanol–water partition coefficient (Wildman–Crippen LogP) is 1.91. The third kappa shape index (κ3) is 3.61. The van der Waals surface area contributed by atoms with Crippen LogP contribution in [-0.4, -0.2) is 42.1 Å². The topological polar surface area (TPSA) is 58.6 Å². The standard InChI is InChI=1S/C14H24N2O3/c1-13(2,3)19-12(18)16-9-7-14(10-16)5-4-11(17)15-8-6-14/h4-10H2,1-3H3,(H,15,17)/t14-/m0/s1. The third-order valence-electron chi connectivity index (χ3n) is 3.95. The first kappa shape index (κ1) is 14.2. The number of rotatable bonds is 0. The highest BCUT2D eigenvalue weighted by Gasteiger charge is 2.41. The Labute approximate surface area is 114 Å². The molecule has 0 bridgehead atoms. The van der Waals surface area contributed by atoms with Crippen LogP contribution in [0, 0.1) is 5.41 Å². The minimum absolute atomic E-state index is 0.107. The molecule has 0 unspecified atom stereocenters. The van der Waals surface area contributed by atoms with Gasteiger partial charge in [-0.1, -0.05) is 0 Å². The van der Waals surface area contributed by atoms with E-state index in [9.17, 15) is 9.59 Å². The van der Waals surface area contributed by atoms with Gasteiger partial charge in [-0.15, -0.1) is 0 Å². The van der Waals surface area contributed by atoms with Crippen molar-refractivity contribution in [2.45, 2.75) is 52.1 Å². The van der Waals surface area contributed by atoms with Crippen molar-refractivity contribution in [3.63, 3.8) is 0 Å². The fraction of sp³-hybridized carbons (Fsp3) is 0.857. The number of likely N-dealkylation sites (tertiary alicyclic amines) is 1. The van der Waals surface area contributed by atoms with Gasteiger partial charge in [-0.05, 0) is 45.4 Å². The Hall–Kier alpha value is -1.26. The summed E-state index contributed by atoms with van der Waals surface area (Å²) < 4.78 is 5.41. The van der Waals surface area contributed by atoms with Gasteiger partial charge >= 0.3 is 6.09 Å². The fourth-order valence-electron chi connectivity index (χ4n) is 2.88. The molecule has 2 saturated heterocycles. The van der Waals surface area contributed by atoms with Crippen molar-refractivity contribution in [3.05, 3.63) is 0 Å². The van der Waals surface area contributed by atoms with Crippen LogP contribution in [0.5, 0.6) is 0 Å². The van der Waals surface area contributed by atoms with Crippen molar-refractivity contribution in [2.75, 3.05) is 19.6 Å². The molecule has 1 N–H and O–H groups in total. The van der Waals surface area contributed by atoms with E-state index in [1.54, 1.807) is 4.90 Å². The second kappa shape index (κ2) is 5.02. The number of carbonyl (C=O) groups excluding carboxylic acids is 2. The first-order valence-corrected chi connectivity index (χ1v) is 7.04. The number of nitrogens with zero attached hydrogens (tertiary/aromatic N) is 1. The molecule has 2 fully saturated rings. The lowest BCUT2D eigenvalue weighted by Gasteiger charge is -2.28. The Bertz CT molecular complexity index is 375. The molecule has 0 saturated carbocycles. The van der Waals surface area contributed by atoms with Gasteiger partial charge in [0.05, 0.1) is 0 Å². The van der Waals surface area contributed by atoms with Gasteiger partial charge in [-0.25, -0.2) is 4.79 Å². The van der Waals surface area contributed by atoms with Gasteiger partial charge in [0, 0.05) is 26.1 Å². The molecule has 19 heavy (non-hydrogen) atoms. The molecule has 2 rings (SSSR count). The van der Waals surface area contributed by atoms with E-state index in [2.05, 4.69) is 5.32 Å². The van der Waals surface area contributed by atoms with Crippen molar-refractivity contribution in [2.24, 2.45) is 5.41 Å². The van der Waals surface area contributed by atoms with Gasteiger partial charge in [0.15, 0.2) is 0 Å². The molecule has 0 aromatic heterocycles. The van der Waals surface area contributed by atoms with Crippen LogP contribution in [0.15, 0.2) is 0 Å². The summed E-state index contributed by atoms with van der Waals surface area (Å²) in [6.07, 6.45) is 3.15. The van der Waals surface area contributed by atoms with Gasteiger partial charge in [0.25, 0.3) is 0 Å². The summed E-state index contributed by atoms with van der Waals surface area (Å²) >= 11 is 0. The summed E-state index contributed by atoms with van der Waals surface area (Å²) in [5, 5.41) is 2.90. The third-order valence-corrected chi connectivity index (χ3v) is 3.95. The lowest BCUT2D eigenvalue weighted by atomic mass is 9.80. The predicted molar refractivity (Wildman–Crippen MR) is 71.7 cm³/mol. The molecule has 2 amide bonds. The Morgan fingerprint density at radius 2 is 2.05 bits per heavy atom. The van der Waals surface area contributed by atoms with Crippen LogP contribution >= 0.6 is 0 Å². The van der Waals surface area contributed by atoms with E-state index in [0.717, 1.165) is 38.9 Å². The van der Waals surface area contributed by atoms with Crippen LogP contribution in [-0.2, 0) is 9.53 Å². The first-order chi connectivity index (χ1) is 8.80. The summed E-state index contributed by atoms with van der Waals surface area (Å²) in [7, 11) is 0. The van der Waals surface area contributed by atoms with E-state index < -0.39 is 5.60 Å². The zero-order chi connectivity index (χ0) is 14.1. The molecule has 0 aromatic rings. The number of ether oxygens (including phenoxy) is 1. The zero-order valence-electron chi connectivity index (χ0n) is 12.1. The molecule has 108 valence electrons. The monoisotopic (exact) mass is 268 g/mol. The molecule has 1 atom stereocenters. The molecule has 0 aliphatic carbocycles. The largest absolute Gasteiger partial charge is 0.444 e. The summed E-state index contributed by atoms with van der Waals surface area (Å²) in [6.45, 7) is 7.82. The lowest BCUT2D eigenvalue weighted by Crippen LogP contribution is -2.37. The zero-order valence-corrected chi connectivity index (χ0v) is 12.1. The normalized spacial score (nSPS) is 28.2. The summed E-state index contributed by atoms with van der Waals surface area (Å²) in [6, 6.07) is 0. The molecule has 2 aliphatic heterocycles. The Morgan fingerprint density at radius 3 is 2.74 bits per heavy atom. The van der Waals surface area contributed by atoms with Crippen molar-refractivity contribution in [1.29, 1.82) is 0 Å². The second-order valence-electron chi connectivity index (χ2n) is 6.75.